The van der Waals surface area contributed by atoms with Crippen LogP contribution < -0.4 is 5.32 Å². The van der Waals surface area contributed by atoms with Gasteiger partial charge in [0.2, 0.25) is 10.0 Å². The maximum absolute atomic E-state index is 13.4. The number of sulfonamides is 1. The first-order valence-electron chi connectivity index (χ1n) is 10.7. The van der Waals surface area contributed by atoms with Crippen LogP contribution in [0.4, 0.5) is 5.69 Å². The first kappa shape index (κ1) is 24.4. The summed E-state index contributed by atoms with van der Waals surface area (Å²) >= 11 is 2.16. The number of nitrogens with one attached hydrogen (secondary N) is 1. The standard InChI is InChI=1S/C25H23IN2O5S/c26-19-10-12-20(13-11-19)27-24(29)17-33-25(30)16-23-22-9-5-4-6-18(22)14-15-28(23)34(31,32)21-7-2-1-3-8-21/h1-13,23H,14-17H2,(H,27,29)/t23-/m1/s1. The number of esters is 1. The molecular formula is C25H23IN2O5S. The largest absolute Gasteiger partial charge is 0.456 e. The molecule has 1 aliphatic heterocycles. The molecule has 0 unspecified atom stereocenters. The van der Waals surface area contributed by atoms with Gasteiger partial charge in [-0.1, -0.05) is 42.5 Å². The molecule has 7 nitrogen and oxygen atoms in total. The highest BCUT2D eigenvalue weighted by Gasteiger charge is 2.37. The molecule has 9 heteroatoms. The van der Waals surface area contributed by atoms with E-state index in [1.165, 1.54) is 4.31 Å². The van der Waals surface area contributed by atoms with Gasteiger partial charge in [-0.05, 0) is 76.5 Å². The lowest BCUT2D eigenvalue weighted by molar-refractivity contribution is -0.148. The van der Waals surface area contributed by atoms with Gasteiger partial charge in [-0.25, -0.2) is 8.42 Å². The van der Waals surface area contributed by atoms with Gasteiger partial charge >= 0.3 is 5.97 Å². The molecule has 1 amide bonds. The van der Waals surface area contributed by atoms with E-state index in [2.05, 4.69) is 27.9 Å². The highest BCUT2D eigenvalue weighted by molar-refractivity contribution is 14.1. The predicted octanol–water partition coefficient (Wildman–Crippen LogP) is 4.15. The average molecular weight is 590 g/mol. The Morgan fingerprint density at radius 3 is 2.38 bits per heavy atom. The summed E-state index contributed by atoms with van der Waals surface area (Å²) in [6.07, 6.45) is 0.353. The number of halogens is 1. The van der Waals surface area contributed by atoms with Gasteiger partial charge in [0.25, 0.3) is 5.91 Å². The third-order valence-electron chi connectivity index (χ3n) is 5.57. The normalized spacial score (nSPS) is 15.9. The molecule has 1 atom stereocenters. The van der Waals surface area contributed by atoms with Gasteiger partial charge in [0, 0.05) is 15.8 Å². The van der Waals surface area contributed by atoms with Crippen molar-refractivity contribution in [3.63, 3.8) is 0 Å². The molecule has 0 fully saturated rings. The Labute approximate surface area is 212 Å². The number of hydrogen-bond acceptors (Lipinski definition) is 5. The number of hydrogen-bond donors (Lipinski definition) is 1. The lowest BCUT2D eigenvalue weighted by Crippen LogP contribution is -2.41. The quantitative estimate of drug-likeness (QED) is 0.330. The fourth-order valence-corrected chi connectivity index (χ4v) is 5.94. The smallest absolute Gasteiger partial charge is 0.308 e. The maximum atomic E-state index is 13.4. The van der Waals surface area contributed by atoms with Crippen LogP contribution in [-0.2, 0) is 30.8 Å². The minimum atomic E-state index is -3.83. The summed E-state index contributed by atoms with van der Waals surface area (Å²) in [5.41, 5.74) is 2.37. The Kier molecular flexibility index (Phi) is 7.64. The summed E-state index contributed by atoms with van der Waals surface area (Å²) in [6.45, 7) is -0.204. The Hall–Kier alpha value is -2.76. The number of amides is 1. The average Bonchev–Trinajstić information content (AvgIpc) is 2.85. The van der Waals surface area contributed by atoms with Gasteiger partial charge in [0.05, 0.1) is 17.4 Å². The minimum Gasteiger partial charge on any atom is -0.456 e. The fraction of sp³-hybridized carbons (Fsp3) is 0.200. The van der Waals surface area contributed by atoms with Crippen molar-refractivity contribution in [3.8, 4) is 0 Å². The second kappa shape index (κ2) is 10.7. The van der Waals surface area contributed by atoms with E-state index in [-0.39, 0.29) is 17.9 Å². The summed E-state index contributed by atoms with van der Waals surface area (Å²) in [4.78, 5) is 25.1. The van der Waals surface area contributed by atoms with E-state index in [9.17, 15) is 18.0 Å². The van der Waals surface area contributed by atoms with Crippen LogP contribution in [-0.4, -0.2) is 37.8 Å². The van der Waals surface area contributed by atoms with Gasteiger partial charge in [-0.2, -0.15) is 4.31 Å². The lowest BCUT2D eigenvalue weighted by Gasteiger charge is -2.36. The molecule has 176 valence electrons. The lowest BCUT2D eigenvalue weighted by atomic mass is 9.92. The van der Waals surface area contributed by atoms with E-state index in [4.69, 9.17) is 4.74 Å². The van der Waals surface area contributed by atoms with Crippen molar-refractivity contribution in [3.05, 3.63) is 93.6 Å². The SMILES string of the molecule is O=C(COC(=O)C[C@@H]1c2ccccc2CCN1S(=O)(=O)c1ccccc1)Nc1ccc(I)cc1. The van der Waals surface area contributed by atoms with Gasteiger partial charge in [0.15, 0.2) is 6.61 Å². The Balaban J connectivity index is 1.48. The van der Waals surface area contributed by atoms with Crippen LogP contribution in [0.2, 0.25) is 0 Å². The van der Waals surface area contributed by atoms with Crippen LogP contribution in [0.1, 0.15) is 23.6 Å². The van der Waals surface area contributed by atoms with Crippen molar-refractivity contribution in [2.24, 2.45) is 0 Å². The molecule has 0 bridgehead atoms. The van der Waals surface area contributed by atoms with Gasteiger partial charge in [-0.3, -0.25) is 9.59 Å². The van der Waals surface area contributed by atoms with Crippen molar-refractivity contribution >= 4 is 50.2 Å². The number of carbonyl (C=O) groups excluding carboxylic acids is 2. The number of carbonyl (C=O) groups is 2. The molecule has 0 aromatic heterocycles. The summed E-state index contributed by atoms with van der Waals surface area (Å²) in [7, 11) is -3.83. The number of ether oxygens (including phenoxy) is 1. The molecule has 1 N–H and O–H groups in total. The van der Waals surface area contributed by atoms with Gasteiger partial charge in [-0.15, -0.1) is 0 Å². The molecule has 3 aromatic carbocycles. The highest BCUT2D eigenvalue weighted by atomic mass is 127. The first-order chi connectivity index (χ1) is 16.3. The third-order valence-corrected chi connectivity index (χ3v) is 8.21. The Bertz CT molecular complexity index is 1280. The molecule has 0 radical (unpaired) electrons. The molecule has 3 aromatic rings. The highest BCUT2D eigenvalue weighted by Crippen LogP contribution is 2.36. The molecule has 0 aliphatic carbocycles. The number of nitrogens with zero attached hydrogens (tertiary/aromatic N) is 1. The molecule has 1 heterocycles. The second-order valence-corrected chi connectivity index (χ2v) is 10.9. The Morgan fingerprint density at radius 1 is 0.971 bits per heavy atom. The summed E-state index contributed by atoms with van der Waals surface area (Å²) in [5, 5.41) is 2.67. The van der Waals surface area contributed by atoms with Crippen LogP contribution in [0.3, 0.4) is 0 Å². The predicted molar refractivity (Wildman–Crippen MR) is 137 cm³/mol. The zero-order chi connectivity index (χ0) is 24.1. The van der Waals surface area contributed by atoms with Crippen molar-refractivity contribution in [2.75, 3.05) is 18.5 Å². The van der Waals surface area contributed by atoms with Gasteiger partial charge < -0.3 is 10.1 Å². The summed E-state index contributed by atoms with van der Waals surface area (Å²) in [5.74, 6) is -1.11. The van der Waals surface area contributed by atoms with E-state index < -0.39 is 34.5 Å². The van der Waals surface area contributed by atoms with E-state index in [1.807, 2.05) is 36.4 Å². The molecular weight excluding hydrogens is 567 g/mol. The first-order valence-corrected chi connectivity index (χ1v) is 13.2. The third kappa shape index (κ3) is 5.65. The van der Waals surface area contributed by atoms with Crippen LogP contribution in [0, 0.1) is 3.57 Å². The molecule has 0 spiro atoms. The van der Waals surface area contributed by atoms with Crippen LogP contribution in [0.15, 0.2) is 83.8 Å². The van der Waals surface area contributed by atoms with E-state index in [0.29, 0.717) is 12.1 Å². The number of benzene rings is 3. The van der Waals surface area contributed by atoms with Gasteiger partial charge in [0.1, 0.15) is 0 Å². The summed E-state index contributed by atoms with van der Waals surface area (Å²) < 4.78 is 34.4. The maximum Gasteiger partial charge on any atom is 0.308 e. The number of rotatable bonds is 7. The fourth-order valence-electron chi connectivity index (χ4n) is 3.95. The molecule has 0 saturated heterocycles. The zero-order valence-electron chi connectivity index (χ0n) is 18.2. The topological polar surface area (TPSA) is 92.8 Å². The van der Waals surface area contributed by atoms with E-state index in [0.717, 1.165) is 14.7 Å². The monoisotopic (exact) mass is 590 g/mol. The van der Waals surface area contributed by atoms with E-state index in [1.54, 1.807) is 42.5 Å². The van der Waals surface area contributed by atoms with E-state index >= 15 is 0 Å². The Morgan fingerprint density at radius 2 is 1.65 bits per heavy atom. The second-order valence-electron chi connectivity index (χ2n) is 7.81. The molecule has 4 rings (SSSR count). The van der Waals surface area contributed by atoms with Crippen molar-refractivity contribution < 1.29 is 22.7 Å². The molecule has 1 aliphatic rings. The van der Waals surface area contributed by atoms with Crippen LogP contribution in [0.5, 0.6) is 0 Å². The number of fused-ring (bicyclic) bond motifs is 1. The molecule has 0 saturated carbocycles. The van der Waals surface area contributed by atoms with Crippen molar-refractivity contribution in [2.45, 2.75) is 23.8 Å². The van der Waals surface area contributed by atoms with Crippen LogP contribution >= 0.6 is 22.6 Å². The van der Waals surface area contributed by atoms with Crippen LogP contribution in [0.25, 0.3) is 0 Å². The summed E-state index contributed by atoms with van der Waals surface area (Å²) in [6, 6.07) is 22.2. The minimum absolute atomic E-state index is 0.171. The van der Waals surface area contributed by atoms with Crippen molar-refractivity contribution in [1.82, 2.24) is 4.31 Å². The molecule has 34 heavy (non-hydrogen) atoms. The van der Waals surface area contributed by atoms with Crippen molar-refractivity contribution in [1.29, 1.82) is 0 Å². The zero-order valence-corrected chi connectivity index (χ0v) is 21.2. The number of anilines is 1.